The fourth-order valence-electron chi connectivity index (χ4n) is 2.31. The lowest BCUT2D eigenvalue weighted by atomic mass is 9.99. The van der Waals surface area contributed by atoms with Crippen LogP contribution in [0.3, 0.4) is 0 Å². The van der Waals surface area contributed by atoms with Gasteiger partial charge in [0.1, 0.15) is 12.1 Å². The Morgan fingerprint density at radius 2 is 2.06 bits per heavy atom. The molecule has 4 N–H and O–H groups in total. The third kappa shape index (κ3) is 3.43. The molecule has 1 amide bonds. The fraction of sp³-hybridized carbons (Fsp3) is 0.833. The number of nitrogens with two attached hydrogens (primary N) is 1. The highest BCUT2D eigenvalue weighted by Gasteiger charge is 2.38. The van der Waals surface area contributed by atoms with Crippen LogP contribution in [0.1, 0.15) is 33.1 Å². The van der Waals surface area contributed by atoms with Gasteiger partial charge in [0.25, 0.3) is 5.91 Å². The molecular formula is C12H22N2O4. The molecule has 1 saturated heterocycles. The van der Waals surface area contributed by atoms with Crippen molar-refractivity contribution in [2.24, 2.45) is 11.7 Å². The molecule has 0 unspecified atom stereocenters. The van der Waals surface area contributed by atoms with Crippen molar-refractivity contribution in [3.63, 3.8) is 0 Å². The van der Waals surface area contributed by atoms with Crippen molar-refractivity contribution in [1.82, 2.24) is 4.90 Å². The number of carboxylic acids is 1. The molecule has 18 heavy (non-hydrogen) atoms. The van der Waals surface area contributed by atoms with E-state index in [9.17, 15) is 14.7 Å². The molecular weight excluding hydrogens is 236 g/mol. The average molecular weight is 258 g/mol. The van der Waals surface area contributed by atoms with Crippen molar-refractivity contribution >= 4 is 11.9 Å². The summed E-state index contributed by atoms with van der Waals surface area (Å²) in [7, 11) is 0. The normalized spacial score (nSPS) is 23.2. The zero-order valence-electron chi connectivity index (χ0n) is 10.9. The lowest BCUT2D eigenvalue weighted by molar-refractivity contribution is -0.152. The Bertz CT molecular complexity index is 319. The minimum atomic E-state index is -1.31. The van der Waals surface area contributed by atoms with Gasteiger partial charge in [-0.1, -0.05) is 13.8 Å². The molecule has 6 nitrogen and oxygen atoms in total. The van der Waals surface area contributed by atoms with Crippen LogP contribution in [-0.4, -0.2) is 51.7 Å². The van der Waals surface area contributed by atoms with Crippen LogP contribution in [-0.2, 0) is 9.59 Å². The highest BCUT2D eigenvalue weighted by molar-refractivity contribution is 5.87. The number of aliphatic hydroxyl groups is 1. The number of amides is 1. The molecule has 0 aromatic heterocycles. The first-order chi connectivity index (χ1) is 8.34. The van der Waals surface area contributed by atoms with Crippen molar-refractivity contribution in [2.75, 3.05) is 6.54 Å². The standard InChI is InChI=1S/C12H22N2O4/c1-7(2)6-8(13)10(15)11(16)14-5-3-4-9(14)12(17)18/h7-10,15H,3-6,13H2,1-2H3,(H,17,18)/t8-,9+,10+/m1/s1. The fourth-order valence-corrected chi connectivity index (χ4v) is 2.31. The van der Waals surface area contributed by atoms with Gasteiger partial charge in [0, 0.05) is 12.6 Å². The summed E-state index contributed by atoms with van der Waals surface area (Å²) in [5.41, 5.74) is 5.76. The molecule has 0 spiro atoms. The molecule has 0 radical (unpaired) electrons. The minimum absolute atomic E-state index is 0.274. The van der Waals surface area contributed by atoms with E-state index < -0.39 is 30.1 Å². The number of carbonyl (C=O) groups excluding carboxylic acids is 1. The Morgan fingerprint density at radius 3 is 2.56 bits per heavy atom. The van der Waals surface area contributed by atoms with Crippen molar-refractivity contribution < 1.29 is 19.8 Å². The Morgan fingerprint density at radius 1 is 1.44 bits per heavy atom. The van der Waals surface area contributed by atoms with Gasteiger partial charge in [-0.2, -0.15) is 0 Å². The van der Waals surface area contributed by atoms with E-state index >= 15 is 0 Å². The quantitative estimate of drug-likeness (QED) is 0.633. The first-order valence-electron chi connectivity index (χ1n) is 6.31. The Hall–Kier alpha value is -1.14. The van der Waals surface area contributed by atoms with Gasteiger partial charge in [-0.15, -0.1) is 0 Å². The highest BCUT2D eigenvalue weighted by Crippen LogP contribution is 2.19. The second-order valence-electron chi connectivity index (χ2n) is 5.27. The number of carbonyl (C=O) groups is 2. The van der Waals surface area contributed by atoms with E-state index in [1.54, 1.807) is 0 Å². The van der Waals surface area contributed by atoms with Crippen molar-refractivity contribution in [3.05, 3.63) is 0 Å². The van der Waals surface area contributed by atoms with E-state index in [1.807, 2.05) is 13.8 Å². The molecule has 1 rings (SSSR count). The Balaban J connectivity index is 2.65. The zero-order valence-corrected chi connectivity index (χ0v) is 10.9. The molecule has 1 aliphatic heterocycles. The van der Waals surface area contributed by atoms with Gasteiger partial charge in [-0.25, -0.2) is 4.79 Å². The third-order valence-electron chi connectivity index (χ3n) is 3.22. The second-order valence-corrected chi connectivity index (χ2v) is 5.27. The molecule has 1 heterocycles. The number of likely N-dealkylation sites (tertiary alicyclic amines) is 1. The number of hydrogen-bond acceptors (Lipinski definition) is 4. The first kappa shape index (κ1) is 14.9. The molecule has 104 valence electrons. The molecule has 1 fully saturated rings. The summed E-state index contributed by atoms with van der Waals surface area (Å²) in [5.74, 6) is -1.31. The van der Waals surface area contributed by atoms with Crippen molar-refractivity contribution in [3.8, 4) is 0 Å². The molecule has 3 atom stereocenters. The van der Waals surface area contributed by atoms with E-state index in [0.29, 0.717) is 25.8 Å². The maximum atomic E-state index is 12.0. The molecule has 6 heteroatoms. The lowest BCUT2D eigenvalue weighted by Gasteiger charge is -2.27. The first-order valence-corrected chi connectivity index (χ1v) is 6.31. The summed E-state index contributed by atoms with van der Waals surface area (Å²) >= 11 is 0. The van der Waals surface area contributed by atoms with E-state index in [1.165, 1.54) is 4.90 Å². The summed E-state index contributed by atoms with van der Waals surface area (Å²) in [6, 6.07) is -1.47. The minimum Gasteiger partial charge on any atom is -0.480 e. The molecule has 1 aliphatic rings. The van der Waals surface area contributed by atoms with E-state index in [2.05, 4.69) is 0 Å². The van der Waals surface area contributed by atoms with E-state index in [4.69, 9.17) is 10.8 Å². The average Bonchev–Trinajstić information content (AvgIpc) is 2.74. The van der Waals surface area contributed by atoms with Gasteiger partial charge in [0.15, 0.2) is 0 Å². The smallest absolute Gasteiger partial charge is 0.326 e. The van der Waals surface area contributed by atoms with Crippen LogP contribution >= 0.6 is 0 Å². The number of aliphatic carboxylic acids is 1. The van der Waals surface area contributed by atoms with Gasteiger partial charge in [0.2, 0.25) is 0 Å². The van der Waals surface area contributed by atoms with Gasteiger partial charge in [-0.05, 0) is 25.2 Å². The molecule has 0 aromatic rings. The van der Waals surface area contributed by atoms with E-state index in [0.717, 1.165) is 0 Å². The van der Waals surface area contributed by atoms with Gasteiger partial charge < -0.3 is 20.8 Å². The van der Waals surface area contributed by atoms with Gasteiger partial charge in [0.05, 0.1) is 0 Å². The second kappa shape index (κ2) is 6.15. The molecule has 0 saturated carbocycles. The predicted molar refractivity (Wildman–Crippen MR) is 65.8 cm³/mol. The predicted octanol–water partition coefficient (Wildman–Crippen LogP) is -0.204. The number of nitrogens with zero attached hydrogens (tertiary/aromatic N) is 1. The molecule has 0 bridgehead atoms. The van der Waals surface area contributed by atoms with E-state index in [-0.39, 0.29) is 5.92 Å². The maximum absolute atomic E-state index is 12.0. The number of hydrogen-bond donors (Lipinski definition) is 3. The van der Waals surface area contributed by atoms with Crippen LogP contribution in [0.15, 0.2) is 0 Å². The van der Waals surface area contributed by atoms with Gasteiger partial charge in [-0.3, -0.25) is 4.79 Å². The zero-order chi connectivity index (χ0) is 13.9. The van der Waals surface area contributed by atoms with Crippen molar-refractivity contribution in [2.45, 2.75) is 51.3 Å². The number of carboxylic acid groups (broad SMARTS) is 1. The SMILES string of the molecule is CC(C)C[C@@H](N)[C@H](O)C(=O)N1CCC[C@H]1C(=O)O. The number of rotatable bonds is 5. The summed E-state index contributed by atoms with van der Waals surface area (Å²) in [6.45, 7) is 4.28. The third-order valence-corrected chi connectivity index (χ3v) is 3.22. The summed E-state index contributed by atoms with van der Waals surface area (Å²) < 4.78 is 0. The highest BCUT2D eigenvalue weighted by atomic mass is 16.4. The summed E-state index contributed by atoms with van der Waals surface area (Å²) in [5, 5.41) is 18.9. The summed E-state index contributed by atoms with van der Waals surface area (Å²) in [6.07, 6.45) is 0.299. The van der Waals surface area contributed by atoms with Crippen LogP contribution in [0.25, 0.3) is 0 Å². The monoisotopic (exact) mass is 258 g/mol. The largest absolute Gasteiger partial charge is 0.480 e. The van der Waals surface area contributed by atoms with Crippen molar-refractivity contribution in [1.29, 1.82) is 0 Å². The van der Waals surface area contributed by atoms with Crippen LogP contribution in [0.4, 0.5) is 0 Å². The van der Waals surface area contributed by atoms with Crippen LogP contribution in [0.5, 0.6) is 0 Å². The maximum Gasteiger partial charge on any atom is 0.326 e. The number of aliphatic hydroxyl groups excluding tert-OH is 1. The Kier molecular flexibility index (Phi) is 5.10. The molecule has 0 aliphatic carbocycles. The lowest BCUT2D eigenvalue weighted by Crippen LogP contribution is -2.51. The Labute approximate surface area is 107 Å². The van der Waals surface area contributed by atoms with Crippen LogP contribution in [0.2, 0.25) is 0 Å². The summed E-state index contributed by atoms with van der Waals surface area (Å²) in [4.78, 5) is 24.2. The molecule has 0 aromatic carbocycles. The van der Waals surface area contributed by atoms with Crippen LogP contribution in [0, 0.1) is 5.92 Å². The van der Waals surface area contributed by atoms with Crippen LogP contribution < -0.4 is 5.73 Å². The van der Waals surface area contributed by atoms with Gasteiger partial charge >= 0.3 is 5.97 Å². The topological polar surface area (TPSA) is 104 Å².